The zero-order valence-electron chi connectivity index (χ0n) is 13.6. The first-order valence-electron chi connectivity index (χ1n) is 7.75. The summed E-state index contributed by atoms with van der Waals surface area (Å²) in [4.78, 5) is 24.3. The maximum absolute atomic E-state index is 12.8. The number of benzene rings is 1. The Hall–Kier alpha value is -1.92. The molecule has 2 aliphatic rings. The molecular weight excluding hydrogens is 296 g/mol. The zero-order valence-corrected chi connectivity index (χ0v) is 13.6. The van der Waals surface area contributed by atoms with E-state index in [2.05, 4.69) is 10.6 Å². The van der Waals surface area contributed by atoms with E-state index in [-0.39, 0.29) is 18.4 Å². The number of carboxylic acid groups (broad SMARTS) is 1. The molecule has 1 spiro atoms. The van der Waals surface area contributed by atoms with Crippen LogP contribution in [0.25, 0.3) is 0 Å². The second-order valence-corrected chi connectivity index (χ2v) is 6.95. The summed E-state index contributed by atoms with van der Waals surface area (Å²) in [6.45, 7) is 3.88. The SMILES string of the molecule is COC(C)(C)C[C@@H]1NC(C(=O)O)C[C@@]12C(=O)Nc1ccccc12. The highest BCUT2D eigenvalue weighted by atomic mass is 16.5. The molecule has 1 fully saturated rings. The van der Waals surface area contributed by atoms with Gasteiger partial charge in [-0.2, -0.15) is 0 Å². The van der Waals surface area contributed by atoms with Gasteiger partial charge in [-0.15, -0.1) is 0 Å². The molecule has 3 rings (SSSR count). The molecule has 124 valence electrons. The summed E-state index contributed by atoms with van der Waals surface area (Å²) in [7, 11) is 1.62. The molecule has 1 aromatic carbocycles. The molecule has 1 unspecified atom stereocenters. The van der Waals surface area contributed by atoms with Gasteiger partial charge in [-0.3, -0.25) is 9.59 Å². The predicted octanol–water partition coefficient (Wildman–Crippen LogP) is 1.51. The Balaban J connectivity index is 2.06. The number of carboxylic acids is 1. The maximum Gasteiger partial charge on any atom is 0.320 e. The molecule has 0 aromatic heterocycles. The van der Waals surface area contributed by atoms with Gasteiger partial charge >= 0.3 is 5.97 Å². The molecule has 2 heterocycles. The monoisotopic (exact) mass is 318 g/mol. The highest BCUT2D eigenvalue weighted by Crippen LogP contribution is 2.48. The molecule has 0 radical (unpaired) electrons. The smallest absolute Gasteiger partial charge is 0.320 e. The van der Waals surface area contributed by atoms with Crippen LogP contribution in [0.5, 0.6) is 0 Å². The van der Waals surface area contributed by atoms with E-state index in [1.807, 2.05) is 38.1 Å². The summed E-state index contributed by atoms with van der Waals surface area (Å²) in [5.41, 5.74) is 0.314. The summed E-state index contributed by atoms with van der Waals surface area (Å²) in [6.07, 6.45) is 0.782. The van der Waals surface area contributed by atoms with Crippen LogP contribution in [0.1, 0.15) is 32.3 Å². The topological polar surface area (TPSA) is 87.7 Å². The number of anilines is 1. The predicted molar refractivity (Wildman–Crippen MR) is 85.4 cm³/mol. The summed E-state index contributed by atoms with van der Waals surface area (Å²) in [5.74, 6) is -1.06. The van der Waals surface area contributed by atoms with Crippen molar-refractivity contribution in [2.24, 2.45) is 0 Å². The van der Waals surface area contributed by atoms with E-state index in [9.17, 15) is 14.7 Å². The zero-order chi connectivity index (χ0) is 16.8. The van der Waals surface area contributed by atoms with E-state index >= 15 is 0 Å². The van der Waals surface area contributed by atoms with Crippen molar-refractivity contribution >= 4 is 17.6 Å². The number of nitrogens with one attached hydrogen (secondary N) is 2. The maximum atomic E-state index is 12.8. The average molecular weight is 318 g/mol. The molecule has 1 saturated heterocycles. The Labute approximate surface area is 135 Å². The van der Waals surface area contributed by atoms with E-state index in [1.54, 1.807) is 7.11 Å². The van der Waals surface area contributed by atoms with Gasteiger partial charge in [0.15, 0.2) is 0 Å². The van der Waals surface area contributed by atoms with Gasteiger partial charge in [-0.05, 0) is 38.3 Å². The van der Waals surface area contributed by atoms with Crippen LogP contribution in [-0.4, -0.2) is 41.8 Å². The van der Waals surface area contributed by atoms with Crippen molar-refractivity contribution in [3.8, 4) is 0 Å². The van der Waals surface area contributed by atoms with E-state index < -0.39 is 23.0 Å². The van der Waals surface area contributed by atoms with Crippen molar-refractivity contribution in [1.29, 1.82) is 0 Å². The normalized spacial score (nSPS) is 29.6. The lowest BCUT2D eigenvalue weighted by Crippen LogP contribution is -2.49. The quantitative estimate of drug-likeness (QED) is 0.783. The number of carbonyl (C=O) groups is 2. The summed E-state index contributed by atoms with van der Waals surface area (Å²) in [5, 5.41) is 15.5. The van der Waals surface area contributed by atoms with Gasteiger partial charge in [0.1, 0.15) is 6.04 Å². The Morgan fingerprint density at radius 2 is 2.13 bits per heavy atom. The van der Waals surface area contributed by atoms with Crippen LogP contribution >= 0.6 is 0 Å². The highest BCUT2D eigenvalue weighted by Gasteiger charge is 2.59. The van der Waals surface area contributed by atoms with Gasteiger partial charge in [-0.1, -0.05) is 18.2 Å². The molecule has 3 N–H and O–H groups in total. The summed E-state index contributed by atoms with van der Waals surface area (Å²) in [6, 6.07) is 6.46. The van der Waals surface area contributed by atoms with E-state index in [4.69, 9.17) is 4.74 Å². The third-order valence-corrected chi connectivity index (χ3v) is 5.13. The molecule has 6 heteroatoms. The Kier molecular flexibility index (Phi) is 3.69. The number of para-hydroxylation sites is 1. The molecule has 1 aromatic rings. The molecule has 0 bridgehead atoms. The minimum absolute atomic E-state index is 0.133. The molecule has 3 atom stereocenters. The second-order valence-electron chi connectivity index (χ2n) is 6.95. The third-order valence-electron chi connectivity index (χ3n) is 5.13. The lowest BCUT2D eigenvalue weighted by Gasteiger charge is -2.34. The lowest BCUT2D eigenvalue weighted by molar-refractivity contribution is -0.139. The van der Waals surface area contributed by atoms with Gasteiger partial charge in [0.2, 0.25) is 5.91 Å². The van der Waals surface area contributed by atoms with Crippen LogP contribution in [0.4, 0.5) is 5.69 Å². The fourth-order valence-electron chi connectivity index (χ4n) is 3.76. The molecule has 1 amide bonds. The molecule has 0 saturated carbocycles. The van der Waals surface area contributed by atoms with Crippen LogP contribution in [0, 0.1) is 0 Å². The van der Waals surface area contributed by atoms with E-state index in [1.165, 1.54) is 0 Å². The van der Waals surface area contributed by atoms with E-state index in [0.717, 1.165) is 11.3 Å². The van der Waals surface area contributed by atoms with Crippen molar-refractivity contribution in [2.75, 3.05) is 12.4 Å². The number of amides is 1. The number of carbonyl (C=O) groups excluding carboxylic acids is 1. The first-order valence-corrected chi connectivity index (χ1v) is 7.75. The fourth-order valence-corrected chi connectivity index (χ4v) is 3.76. The van der Waals surface area contributed by atoms with Crippen LogP contribution in [-0.2, 0) is 19.7 Å². The van der Waals surface area contributed by atoms with Crippen LogP contribution in [0.3, 0.4) is 0 Å². The molecule has 0 aliphatic carbocycles. The van der Waals surface area contributed by atoms with Crippen molar-refractivity contribution in [1.82, 2.24) is 5.32 Å². The Morgan fingerprint density at radius 3 is 2.78 bits per heavy atom. The molecule has 23 heavy (non-hydrogen) atoms. The average Bonchev–Trinajstić information content (AvgIpc) is 3.00. The van der Waals surface area contributed by atoms with Gasteiger partial charge in [0.25, 0.3) is 0 Å². The van der Waals surface area contributed by atoms with Crippen molar-refractivity contribution in [3.05, 3.63) is 29.8 Å². The van der Waals surface area contributed by atoms with Gasteiger partial charge in [-0.25, -0.2) is 0 Å². The van der Waals surface area contributed by atoms with Gasteiger partial charge in [0, 0.05) is 18.8 Å². The standard InChI is InChI=1S/C17H22N2O4/c1-16(2,23-3)9-13-17(8-12(18-13)14(20)21)10-6-4-5-7-11(10)19-15(17)22/h4-7,12-13,18H,8-9H2,1-3H3,(H,19,22)(H,20,21)/t12?,13-,17-/m0/s1. The number of hydrogen-bond acceptors (Lipinski definition) is 4. The second kappa shape index (κ2) is 5.32. The van der Waals surface area contributed by atoms with Crippen molar-refractivity contribution in [3.63, 3.8) is 0 Å². The Bertz CT molecular complexity index is 658. The minimum atomic E-state index is -0.931. The number of aliphatic carboxylic acids is 1. The summed E-state index contributed by atoms with van der Waals surface area (Å²) >= 11 is 0. The van der Waals surface area contributed by atoms with Gasteiger partial charge in [0.05, 0.1) is 11.0 Å². The molecule has 6 nitrogen and oxygen atoms in total. The van der Waals surface area contributed by atoms with Crippen molar-refractivity contribution in [2.45, 2.75) is 49.8 Å². The van der Waals surface area contributed by atoms with E-state index in [0.29, 0.717) is 6.42 Å². The van der Waals surface area contributed by atoms with Crippen LogP contribution in [0.15, 0.2) is 24.3 Å². The highest BCUT2D eigenvalue weighted by molar-refractivity contribution is 6.07. The first kappa shape index (κ1) is 16.0. The minimum Gasteiger partial charge on any atom is -0.480 e. The lowest BCUT2D eigenvalue weighted by atomic mass is 9.71. The van der Waals surface area contributed by atoms with Gasteiger partial charge < -0.3 is 20.5 Å². The number of fused-ring (bicyclic) bond motifs is 2. The Morgan fingerprint density at radius 1 is 1.43 bits per heavy atom. The third kappa shape index (κ3) is 2.42. The van der Waals surface area contributed by atoms with Crippen LogP contribution < -0.4 is 10.6 Å². The fraction of sp³-hybridized carbons (Fsp3) is 0.529. The largest absolute Gasteiger partial charge is 0.480 e. The number of hydrogen-bond donors (Lipinski definition) is 3. The first-order chi connectivity index (χ1) is 10.8. The van der Waals surface area contributed by atoms with Crippen LogP contribution in [0.2, 0.25) is 0 Å². The summed E-state index contributed by atoms with van der Waals surface area (Å²) < 4.78 is 5.50. The molecular formula is C17H22N2O4. The van der Waals surface area contributed by atoms with Crippen molar-refractivity contribution < 1.29 is 19.4 Å². The number of methoxy groups -OCH3 is 1. The number of ether oxygens (including phenoxy) is 1. The molecule has 2 aliphatic heterocycles. The number of rotatable bonds is 4.